The topological polar surface area (TPSA) is 46.6 Å². The molecule has 0 radical (unpaired) electrons. The second kappa shape index (κ2) is 7.18. The predicted octanol–water partition coefficient (Wildman–Crippen LogP) is 4.17. The van der Waals surface area contributed by atoms with Crippen LogP contribution in [0, 0.1) is 12.8 Å². The summed E-state index contributed by atoms with van der Waals surface area (Å²) in [4.78, 5) is 0.367. The summed E-state index contributed by atoms with van der Waals surface area (Å²) in [6.45, 7) is 4.69. The van der Waals surface area contributed by atoms with E-state index in [2.05, 4.69) is 6.92 Å². The summed E-state index contributed by atoms with van der Waals surface area (Å²) in [6, 6.07) is 14.7. The first-order valence-corrected chi connectivity index (χ1v) is 10.1. The van der Waals surface area contributed by atoms with Gasteiger partial charge in [0.2, 0.25) is 10.0 Å². The first-order chi connectivity index (χ1) is 11.9. The van der Waals surface area contributed by atoms with Crippen molar-refractivity contribution in [2.75, 3.05) is 13.7 Å². The number of methoxy groups -OCH3 is 1. The predicted molar refractivity (Wildman–Crippen MR) is 99.2 cm³/mol. The van der Waals surface area contributed by atoms with Crippen LogP contribution >= 0.6 is 0 Å². The van der Waals surface area contributed by atoms with Crippen molar-refractivity contribution in [3.05, 3.63) is 59.7 Å². The summed E-state index contributed by atoms with van der Waals surface area (Å²) in [6.07, 6.45) is 1.72. The van der Waals surface area contributed by atoms with Crippen molar-refractivity contribution in [1.29, 1.82) is 0 Å². The fraction of sp³-hybridized carbons (Fsp3) is 0.400. The van der Waals surface area contributed by atoms with E-state index >= 15 is 0 Å². The molecule has 134 valence electrons. The molecule has 1 saturated heterocycles. The van der Waals surface area contributed by atoms with Gasteiger partial charge in [-0.25, -0.2) is 8.42 Å². The van der Waals surface area contributed by atoms with E-state index in [1.807, 2.05) is 43.3 Å². The maximum atomic E-state index is 13.2. The molecule has 5 heteroatoms. The van der Waals surface area contributed by atoms with Crippen LogP contribution in [0.2, 0.25) is 0 Å². The first kappa shape index (κ1) is 18.0. The number of sulfonamides is 1. The Morgan fingerprint density at radius 1 is 1.04 bits per heavy atom. The molecule has 2 aromatic carbocycles. The minimum absolute atomic E-state index is 0.138. The van der Waals surface area contributed by atoms with E-state index in [-0.39, 0.29) is 6.04 Å². The lowest BCUT2D eigenvalue weighted by molar-refractivity contribution is 0.208. The van der Waals surface area contributed by atoms with Crippen molar-refractivity contribution in [1.82, 2.24) is 4.31 Å². The number of nitrogens with zero attached hydrogens (tertiary/aromatic N) is 1. The van der Waals surface area contributed by atoms with Crippen LogP contribution in [-0.4, -0.2) is 26.4 Å². The number of ether oxygens (including phenoxy) is 1. The smallest absolute Gasteiger partial charge is 0.243 e. The fourth-order valence-corrected chi connectivity index (χ4v) is 5.02. The zero-order valence-electron chi connectivity index (χ0n) is 15.0. The normalized spacial score (nSPS) is 21.9. The largest absolute Gasteiger partial charge is 0.497 e. The Balaban J connectivity index is 1.97. The van der Waals surface area contributed by atoms with E-state index in [1.54, 1.807) is 23.5 Å². The SMILES string of the molecule is COc1ccc([C@@H]2C[C@@H](C)CCN2S(=O)(=O)c2ccc(C)cc2)cc1. The fourth-order valence-electron chi connectivity index (χ4n) is 3.38. The molecule has 2 aromatic rings. The van der Waals surface area contributed by atoms with Crippen LogP contribution in [0.3, 0.4) is 0 Å². The molecule has 0 unspecified atom stereocenters. The number of piperidine rings is 1. The van der Waals surface area contributed by atoms with E-state index < -0.39 is 10.0 Å². The van der Waals surface area contributed by atoms with Gasteiger partial charge in [0, 0.05) is 6.54 Å². The van der Waals surface area contributed by atoms with Gasteiger partial charge in [-0.2, -0.15) is 4.31 Å². The number of hydrogen-bond donors (Lipinski definition) is 0. The number of aryl methyl sites for hydroxylation is 1. The highest BCUT2D eigenvalue weighted by Gasteiger charge is 2.36. The maximum Gasteiger partial charge on any atom is 0.243 e. The summed E-state index contributed by atoms with van der Waals surface area (Å²) in [5.74, 6) is 1.28. The zero-order chi connectivity index (χ0) is 18.0. The average Bonchev–Trinajstić information content (AvgIpc) is 2.62. The first-order valence-electron chi connectivity index (χ1n) is 8.64. The molecule has 3 rings (SSSR count). The number of rotatable bonds is 4. The Morgan fingerprint density at radius 3 is 2.28 bits per heavy atom. The van der Waals surface area contributed by atoms with Gasteiger partial charge < -0.3 is 4.74 Å². The molecule has 2 atom stereocenters. The molecule has 4 nitrogen and oxygen atoms in total. The Hall–Kier alpha value is -1.85. The quantitative estimate of drug-likeness (QED) is 0.823. The Kier molecular flexibility index (Phi) is 5.16. The van der Waals surface area contributed by atoms with Crippen LogP contribution in [0.5, 0.6) is 5.75 Å². The molecular weight excluding hydrogens is 334 g/mol. The van der Waals surface area contributed by atoms with E-state index in [0.717, 1.165) is 29.7 Å². The zero-order valence-corrected chi connectivity index (χ0v) is 15.8. The van der Waals surface area contributed by atoms with Crippen molar-refractivity contribution in [3.8, 4) is 5.75 Å². The van der Waals surface area contributed by atoms with Gasteiger partial charge in [-0.3, -0.25) is 0 Å². The lowest BCUT2D eigenvalue weighted by atomic mass is 9.90. The van der Waals surface area contributed by atoms with E-state index in [4.69, 9.17) is 4.74 Å². The third-order valence-corrected chi connectivity index (χ3v) is 6.87. The van der Waals surface area contributed by atoms with E-state index in [9.17, 15) is 8.42 Å². The van der Waals surface area contributed by atoms with Crippen molar-refractivity contribution in [3.63, 3.8) is 0 Å². The third-order valence-electron chi connectivity index (χ3n) is 4.94. The molecule has 25 heavy (non-hydrogen) atoms. The van der Waals surface area contributed by atoms with Gasteiger partial charge in [0.15, 0.2) is 0 Å². The van der Waals surface area contributed by atoms with Gasteiger partial charge in [0.1, 0.15) is 5.75 Å². The molecule has 0 bridgehead atoms. The standard InChI is InChI=1S/C20H25NO3S/c1-15-4-10-19(11-5-15)25(22,23)21-13-12-16(2)14-20(21)17-6-8-18(24-3)9-7-17/h4-11,16,20H,12-14H2,1-3H3/t16-,20-/m0/s1. The third kappa shape index (κ3) is 3.72. The molecule has 0 spiro atoms. The highest BCUT2D eigenvalue weighted by molar-refractivity contribution is 7.89. The Morgan fingerprint density at radius 2 is 1.68 bits per heavy atom. The lowest BCUT2D eigenvalue weighted by Crippen LogP contribution is -2.40. The van der Waals surface area contributed by atoms with Gasteiger partial charge in [-0.05, 0) is 55.5 Å². The van der Waals surface area contributed by atoms with Gasteiger partial charge >= 0.3 is 0 Å². The summed E-state index contributed by atoms with van der Waals surface area (Å²) >= 11 is 0. The second-order valence-corrected chi connectivity index (χ2v) is 8.74. The van der Waals surface area contributed by atoms with Gasteiger partial charge in [0.25, 0.3) is 0 Å². The number of hydrogen-bond acceptors (Lipinski definition) is 3. The summed E-state index contributed by atoms with van der Waals surface area (Å²) in [7, 11) is -1.88. The van der Waals surface area contributed by atoms with Gasteiger partial charge in [-0.15, -0.1) is 0 Å². The Labute approximate surface area is 150 Å². The molecule has 1 aliphatic heterocycles. The molecule has 0 saturated carbocycles. The van der Waals surface area contributed by atoms with Crippen molar-refractivity contribution in [2.45, 2.75) is 37.6 Å². The van der Waals surface area contributed by atoms with Gasteiger partial charge in [-0.1, -0.05) is 36.8 Å². The summed E-state index contributed by atoms with van der Waals surface area (Å²) in [5, 5.41) is 0. The Bertz CT molecular complexity index is 813. The molecule has 0 N–H and O–H groups in total. The molecule has 1 fully saturated rings. The van der Waals surface area contributed by atoms with Gasteiger partial charge in [0.05, 0.1) is 18.0 Å². The lowest BCUT2D eigenvalue weighted by Gasteiger charge is -2.37. The second-order valence-electron chi connectivity index (χ2n) is 6.85. The van der Waals surface area contributed by atoms with E-state index in [0.29, 0.717) is 17.4 Å². The monoisotopic (exact) mass is 359 g/mol. The van der Waals surface area contributed by atoms with Crippen LogP contribution in [0.1, 0.15) is 36.9 Å². The highest BCUT2D eigenvalue weighted by atomic mass is 32.2. The van der Waals surface area contributed by atoms with E-state index in [1.165, 1.54) is 0 Å². The number of benzene rings is 2. The van der Waals surface area contributed by atoms with Crippen LogP contribution in [0.4, 0.5) is 0 Å². The summed E-state index contributed by atoms with van der Waals surface area (Å²) in [5.41, 5.74) is 2.07. The van der Waals surface area contributed by atoms with Crippen LogP contribution < -0.4 is 4.74 Å². The molecule has 1 aliphatic rings. The molecular formula is C20H25NO3S. The highest BCUT2D eigenvalue weighted by Crippen LogP contribution is 2.38. The molecule has 0 aromatic heterocycles. The minimum Gasteiger partial charge on any atom is -0.497 e. The van der Waals surface area contributed by atoms with Crippen molar-refractivity contribution >= 4 is 10.0 Å². The average molecular weight is 359 g/mol. The molecule has 1 heterocycles. The van der Waals surface area contributed by atoms with Crippen molar-refractivity contribution < 1.29 is 13.2 Å². The van der Waals surface area contributed by atoms with Crippen LogP contribution in [0.15, 0.2) is 53.4 Å². The van der Waals surface area contributed by atoms with Crippen LogP contribution in [0.25, 0.3) is 0 Å². The van der Waals surface area contributed by atoms with Crippen LogP contribution in [-0.2, 0) is 10.0 Å². The minimum atomic E-state index is -3.51. The van der Waals surface area contributed by atoms with Crippen molar-refractivity contribution in [2.24, 2.45) is 5.92 Å². The molecule has 0 aliphatic carbocycles. The molecule has 0 amide bonds. The summed E-state index contributed by atoms with van der Waals surface area (Å²) < 4.78 is 33.3. The maximum absolute atomic E-state index is 13.2.